The number of amides is 1. The van der Waals surface area contributed by atoms with Crippen LogP contribution < -0.4 is 5.32 Å². The van der Waals surface area contributed by atoms with Crippen LogP contribution in [0, 0.1) is 30.2 Å². The minimum absolute atomic E-state index is 0.0299. The smallest absolute Gasteiger partial charge is 0.256 e. The zero-order valence-corrected chi connectivity index (χ0v) is 15.8. The molecule has 9 heteroatoms. The first-order chi connectivity index (χ1) is 14.3. The number of hydrogen-bond donors (Lipinski definition) is 1. The number of halogens is 4. The van der Waals surface area contributed by atoms with Crippen molar-refractivity contribution in [1.29, 1.82) is 0 Å². The third kappa shape index (κ3) is 3.18. The molecular formula is C21H14F4N4O. The van der Waals surface area contributed by atoms with Crippen LogP contribution in [-0.2, 0) is 7.05 Å². The number of aromatic nitrogens is 3. The van der Waals surface area contributed by atoms with Gasteiger partial charge in [0.1, 0.15) is 5.69 Å². The first-order valence-electron chi connectivity index (χ1n) is 8.81. The molecule has 0 fully saturated rings. The fourth-order valence-electron chi connectivity index (χ4n) is 3.12. The number of nitrogens with zero attached hydrogens (tertiary/aromatic N) is 3. The molecule has 0 radical (unpaired) electrons. The Bertz CT molecular complexity index is 1290. The van der Waals surface area contributed by atoms with Crippen molar-refractivity contribution in [2.24, 2.45) is 7.05 Å². The number of pyridine rings is 1. The van der Waals surface area contributed by atoms with Crippen LogP contribution in [-0.4, -0.2) is 20.7 Å². The minimum Gasteiger partial charge on any atom is -0.317 e. The minimum atomic E-state index is -1.69. The molecule has 0 unspecified atom stereocenters. The van der Waals surface area contributed by atoms with E-state index in [1.54, 1.807) is 42.2 Å². The summed E-state index contributed by atoms with van der Waals surface area (Å²) in [5, 5.41) is 6.50. The third-order valence-electron chi connectivity index (χ3n) is 4.82. The lowest BCUT2D eigenvalue weighted by Crippen LogP contribution is -2.16. The summed E-state index contributed by atoms with van der Waals surface area (Å²) in [5.74, 6) is -7.56. The Morgan fingerprint density at radius 1 is 1.03 bits per heavy atom. The highest BCUT2D eigenvalue weighted by Gasteiger charge is 2.23. The Labute approximate surface area is 168 Å². The van der Waals surface area contributed by atoms with E-state index in [9.17, 15) is 22.4 Å². The summed E-state index contributed by atoms with van der Waals surface area (Å²) in [4.78, 5) is 17.4. The van der Waals surface area contributed by atoms with Gasteiger partial charge in [-0.3, -0.25) is 9.48 Å². The molecule has 0 spiro atoms. The number of carbonyl (C=O) groups excluding carboxylic acids is 1. The maximum Gasteiger partial charge on any atom is 0.256 e. The van der Waals surface area contributed by atoms with Crippen LogP contribution in [0.3, 0.4) is 0 Å². The van der Waals surface area contributed by atoms with E-state index in [1.807, 2.05) is 12.2 Å². The number of benzene rings is 2. The van der Waals surface area contributed by atoms with Crippen molar-refractivity contribution in [3.63, 3.8) is 0 Å². The molecule has 4 aromatic rings. The van der Waals surface area contributed by atoms with Gasteiger partial charge < -0.3 is 5.32 Å². The van der Waals surface area contributed by atoms with Crippen molar-refractivity contribution in [3.05, 3.63) is 77.1 Å². The van der Waals surface area contributed by atoms with Gasteiger partial charge in [0.25, 0.3) is 5.91 Å². The van der Waals surface area contributed by atoms with Crippen molar-refractivity contribution < 1.29 is 22.4 Å². The molecule has 4 rings (SSSR count). The number of carbonyl (C=O) groups is 1. The molecule has 0 aliphatic rings. The fourth-order valence-corrected chi connectivity index (χ4v) is 3.12. The molecule has 2 heterocycles. The van der Waals surface area contributed by atoms with Gasteiger partial charge in [-0.1, -0.05) is 18.2 Å². The number of rotatable bonds is 3. The molecule has 0 atom stereocenters. The standard InChI is InChI=1S/C21H14F4N4O/c1-10-13(9-26-29(10)2)17-7-12(11-5-3-4-6-16(11)27-17)21(30)28-20-18(24)14(22)8-15(23)19(20)25/h3-9H,1-2H3,(H,28,30). The van der Waals surface area contributed by atoms with Crippen molar-refractivity contribution in [3.8, 4) is 11.3 Å². The van der Waals surface area contributed by atoms with Crippen LogP contribution in [0.15, 0.2) is 42.6 Å². The van der Waals surface area contributed by atoms with E-state index in [0.717, 1.165) is 5.69 Å². The van der Waals surface area contributed by atoms with E-state index < -0.39 is 34.9 Å². The molecule has 152 valence electrons. The second-order valence-electron chi connectivity index (χ2n) is 6.64. The number of nitrogens with one attached hydrogen (secondary N) is 1. The van der Waals surface area contributed by atoms with E-state index in [1.165, 1.54) is 6.07 Å². The van der Waals surface area contributed by atoms with Crippen LogP contribution in [0.1, 0.15) is 16.1 Å². The van der Waals surface area contributed by atoms with Gasteiger partial charge in [0, 0.05) is 29.8 Å². The van der Waals surface area contributed by atoms with E-state index in [0.29, 0.717) is 22.2 Å². The van der Waals surface area contributed by atoms with Gasteiger partial charge >= 0.3 is 0 Å². The van der Waals surface area contributed by atoms with Gasteiger partial charge in [-0.05, 0) is 19.1 Å². The normalized spacial score (nSPS) is 11.1. The van der Waals surface area contributed by atoms with E-state index in [2.05, 4.69) is 10.1 Å². The number of fused-ring (bicyclic) bond motifs is 1. The highest BCUT2D eigenvalue weighted by molar-refractivity contribution is 6.13. The Hall–Kier alpha value is -3.75. The lowest BCUT2D eigenvalue weighted by Gasteiger charge is -2.12. The van der Waals surface area contributed by atoms with Crippen molar-refractivity contribution in [1.82, 2.24) is 14.8 Å². The number of anilines is 1. The number of aryl methyl sites for hydroxylation is 1. The molecule has 5 nitrogen and oxygen atoms in total. The van der Waals surface area contributed by atoms with E-state index in [-0.39, 0.29) is 11.6 Å². The summed E-state index contributed by atoms with van der Waals surface area (Å²) in [6.07, 6.45) is 1.58. The lowest BCUT2D eigenvalue weighted by atomic mass is 10.0. The first-order valence-corrected chi connectivity index (χ1v) is 8.81. The third-order valence-corrected chi connectivity index (χ3v) is 4.82. The van der Waals surface area contributed by atoms with E-state index >= 15 is 0 Å². The summed E-state index contributed by atoms with van der Waals surface area (Å²) in [5.41, 5.74) is 1.14. The number of hydrogen-bond acceptors (Lipinski definition) is 3. The molecule has 0 saturated carbocycles. The van der Waals surface area contributed by atoms with Crippen LogP contribution in [0.4, 0.5) is 23.2 Å². The van der Waals surface area contributed by atoms with Crippen molar-refractivity contribution in [2.45, 2.75) is 6.92 Å². The fraction of sp³-hybridized carbons (Fsp3) is 0.0952. The van der Waals surface area contributed by atoms with Gasteiger partial charge in [0.05, 0.1) is 23.0 Å². The monoisotopic (exact) mass is 414 g/mol. The highest BCUT2D eigenvalue weighted by atomic mass is 19.2. The molecule has 0 aliphatic carbocycles. The Kier molecular flexibility index (Phi) is 4.73. The highest BCUT2D eigenvalue weighted by Crippen LogP contribution is 2.29. The Balaban J connectivity index is 1.86. The molecule has 0 saturated heterocycles. The Morgan fingerprint density at radius 2 is 1.70 bits per heavy atom. The average Bonchev–Trinajstić information content (AvgIpc) is 3.07. The molecular weight excluding hydrogens is 400 g/mol. The summed E-state index contributed by atoms with van der Waals surface area (Å²) in [6.45, 7) is 1.82. The van der Waals surface area contributed by atoms with Gasteiger partial charge in [-0.25, -0.2) is 22.5 Å². The predicted octanol–water partition coefficient (Wildman–Crippen LogP) is 4.75. The zero-order valence-electron chi connectivity index (χ0n) is 15.8. The summed E-state index contributed by atoms with van der Waals surface area (Å²) < 4.78 is 56.7. The molecule has 30 heavy (non-hydrogen) atoms. The molecule has 0 aliphatic heterocycles. The van der Waals surface area contributed by atoms with Gasteiger partial charge in [-0.15, -0.1) is 0 Å². The summed E-state index contributed by atoms with van der Waals surface area (Å²) in [6, 6.07) is 8.18. The summed E-state index contributed by atoms with van der Waals surface area (Å²) in [7, 11) is 1.75. The molecule has 0 bridgehead atoms. The van der Waals surface area contributed by atoms with Crippen LogP contribution in [0.5, 0.6) is 0 Å². The quantitative estimate of drug-likeness (QED) is 0.389. The van der Waals surface area contributed by atoms with Crippen LogP contribution >= 0.6 is 0 Å². The Morgan fingerprint density at radius 3 is 2.33 bits per heavy atom. The molecule has 2 aromatic carbocycles. The SMILES string of the molecule is Cc1c(-c2cc(C(=O)Nc3c(F)c(F)cc(F)c3F)c3ccccc3n2)cnn1C. The van der Waals surface area contributed by atoms with E-state index in [4.69, 9.17) is 0 Å². The molecule has 2 aromatic heterocycles. The maximum absolute atomic E-state index is 14.0. The van der Waals surface area contributed by atoms with Crippen LogP contribution in [0.25, 0.3) is 22.2 Å². The van der Waals surface area contributed by atoms with Gasteiger partial charge in [0.15, 0.2) is 23.3 Å². The zero-order chi connectivity index (χ0) is 21.6. The topological polar surface area (TPSA) is 59.8 Å². The molecule has 1 amide bonds. The van der Waals surface area contributed by atoms with Gasteiger partial charge in [0.2, 0.25) is 0 Å². The van der Waals surface area contributed by atoms with Crippen molar-refractivity contribution in [2.75, 3.05) is 5.32 Å². The second kappa shape index (κ2) is 7.25. The van der Waals surface area contributed by atoms with Crippen LogP contribution in [0.2, 0.25) is 0 Å². The first kappa shape index (κ1) is 19.6. The largest absolute Gasteiger partial charge is 0.317 e. The predicted molar refractivity (Wildman–Crippen MR) is 103 cm³/mol. The van der Waals surface area contributed by atoms with Gasteiger partial charge in [-0.2, -0.15) is 5.10 Å². The second-order valence-corrected chi connectivity index (χ2v) is 6.64. The maximum atomic E-state index is 14.0. The summed E-state index contributed by atoms with van der Waals surface area (Å²) >= 11 is 0. The lowest BCUT2D eigenvalue weighted by molar-refractivity contribution is 0.102. The van der Waals surface area contributed by atoms with Crippen molar-refractivity contribution >= 4 is 22.5 Å². The average molecular weight is 414 g/mol. The number of para-hydroxylation sites is 1. The molecule has 1 N–H and O–H groups in total.